The molecule has 5 heteroatoms. The van der Waals surface area contributed by atoms with Gasteiger partial charge in [0, 0.05) is 20.7 Å². The lowest BCUT2D eigenvalue weighted by Crippen LogP contribution is -2.30. The number of hydrogen-bond donors (Lipinski definition) is 2. The maximum atomic E-state index is 13.3. The van der Waals surface area contributed by atoms with Crippen molar-refractivity contribution in [3.63, 3.8) is 0 Å². The van der Waals surface area contributed by atoms with Crippen LogP contribution in [0.2, 0.25) is 0 Å². The number of ether oxygens (including phenoxy) is 1. The number of unbranched alkanes of at least 4 members (excludes halogenated alkanes) is 2. The topological polar surface area (TPSA) is 70.0 Å². The highest BCUT2D eigenvalue weighted by molar-refractivity contribution is 6.02. The Kier molecular flexibility index (Phi) is 8.69. The van der Waals surface area contributed by atoms with Gasteiger partial charge in [-0.05, 0) is 49.4 Å². The van der Waals surface area contributed by atoms with Crippen molar-refractivity contribution >= 4 is 11.5 Å². The Morgan fingerprint density at radius 2 is 1.90 bits per heavy atom. The zero-order valence-electron chi connectivity index (χ0n) is 19.4. The monoisotopic (exact) mass is 425 g/mol. The number of aryl methyl sites for hydroxylation is 2. The number of carbonyl (C=O) groups is 1. The highest BCUT2D eigenvalue weighted by atomic mass is 16.5. The van der Waals surface area contributed by atoms with Gasteiger partial charge >= 0.3 is 0 Å². The van der Waals surface area contributed by atoms with Gasteiger partial charge in [-0.2, -0.15) is 0 Å². The molecule has 0 spiro atoms. The van der Waals surface area contributed by atoms with Gasteiger partial charge in [0.05, 0.1) is 17.7 Å². The van der Waals surface area contributed by atoms with Gasteiger partial charge in [-0.1, -0.05) is 55.7 Å². The summed E-state index contributed by atoms with van der Waals surface area (Å²) in [6, 6.07) is 7.42. The minimum absolute atomic E-state index is 0.0341. The Labute approximate surface area is 186 Å². The van der Waals surface area contributed by atoms with Gasteiger partial charge in [0.25, 0.3) is 5.91 Å². The van der Waals surface area contributed by atoms with Gasteiger partial charge in [0.15, 0.2) is 0 Å². The third-order valence-electron chi connectivity index (χ3n) is 5.51. The molecule has 0 aliphatic rings. The molecule has 2 aromatic rings. The lowest BCUT2D eigenvalue weighted by Gasteiger charge is -2.22. The quantitative estimate of drug-likeness (QED) is 0.489. The van der Waals surface area contributed by atoms with E-state index in [1.54, 1.807) is 25.1 Å². The van der Waals surface area contributed by atoms with E-state index < -0.39 is 0 Å². The molecule has 0 radical (unpaired) electrons. The van der Waals surface area contributed by atoms with Crippen LogP contribution >= 0.6 is 0 Å². The van der Waals surface area contributed by atoms with Gasteiger partial charge in [-0.15, -0.1) is 0 Å². The summed E-state index contributed by atoms with van der Waals surface area (Å²) in [5.74, 6) is -0.506. The molecule has 0 unspecified atom stereocenters. The minimum atomic E-state index is -0.285. The molecule has 2 aromatic carbocycles. The maximum Gasteiger partial charge on any atom is 0.257 e. The summed E-state index contributed by atoms with van der Waals surface area (Å²) in [5, 5.41) is 22.3. The van der Waals surface area contributed by atoms with Crippen molar-refractivity contribution in [3.8, 4) is 22.6 Å². The summed E-state index contributed by atoms with van der Waals surface area (Å²) in [6.45, 7) is 10.8. The fourth-order valence-electron chi connectivity index (χ4n) is 3.73. The Hall–Kier alpha value is -2.79. The van der Waals surface area contributed by atoms with Crippen LogP contribution in [0.3, 0.4) is 0 Å². The largest absolute Gasteiger partial charge is 0.507 e. The first-order valence-corrected chi connectivity index (χ1v) is 10.8. The van der Waals surface area contributed by atoms with E-state index in [1.807, 2.05) is 32.0 Å². The van der Waals surface area contributed by atoms with E-state index in [4.69, 9.17) is 4.74 Å². The van der Waals surface area contributed by atoms with E-state index in [9.17, 15) is 15.0 Å². The van der Waals surface area contributed by atoms with Crippen LogP contribution in [0.15, 0.2) is 30.8 Å². The SMILES string of the molecule is C=C(C)c1ccc(C)cc1-c1c(O)cc(CCCCC)c(C(=O)N(C)CCOC)c1O. The van der Waals surface area contributed by atoms with E-state index >= 15 is 0 Å². The Balaban J connectivity index is 2.71. The van der Waals surface area contributed by atoms with Crippen LogP contribution in [0.25, 0.3) is 16.7 Å². The Morgan fingerprint density at radius 1 is 1.19 bits per heavy atom. The lowest BCUT2D eigenvalue weighted by molar-refractivity contribution is 0.0740. The second-order valence-electron chi connectivity index (χ2n) is 8.16. The zero-order valence-corrected chi connectivity index (χ0v) is 19.4. The van der Waals surface area contributed by atoms with E-state index in [1.165, 1.54) is 0 Å². The van der Waals surface area contributed by atoms with Crippen LogP contribution in [0.5, 0.6) is 11.5 Å². The summed E-state index contributed by atoms with van der Waals surface area (Å²) in [5.41, 5.74) is 4.45. The molecule has 2 rings (SSSR count). The molecule has 0 atom stereocenters. The minimum Gasteiger partial charge on any atom is -0.507 e. The maximum absolute atomic E-state index is 13.3. The summed E-state index contributed by atoms with van der Waals surface area (Å²) < 4.78 is 5.10. The molecule has 0 fully saturated rings. The normalized spacial score (nSPS) is 10.9. The zero-order chi connectivity index (χ0) is 23.1. The van der Waals surface area contributed by atoms with Crippen molar-refractivity contribution in [3.05, 3.63) is 53.1 Å². The number of nitrogens with zero attached hydrogens (tertiary/aromatic N) is 1. The van der Waals surface area contributed by atoms with Gasteiger partial charge < -0.3 is 19.8 Å². The van der Waals surface area contributed by atoms with E-state index in [0.29, 0.717) is 30.7 Å². The van der Waals surface area contributed by atoms with Gasteiger partial charge in [0.1, 0.15) is 11.5 Å². The second kappa shape index (κ2) is 11.0. The first-order valence-electron chi connectivity index (χ1n) is 10.8. The standard InChI is InChI=1S/C26H35NO4/c1-7-8-9-10-19-16-22(28)24(21-15-18(4)11-12-20(21)17(2)3)25(29)23(19)26(30)27(5)13-14-31-6/h11-12,15-16,28-29H,2,7-10,13-14H2,1,3-6H3. The lowest BCUT2D eigenvalue weighted by atomic mass is 9.88. The third-order valence-corrected chi connectivity index (χ3v) is 5.51. The number of likely N-dealkylation sites (N-methyl/N-ethyl adjacent to an activating group) is 1. The fraction of sp³-hybridized carbons (Fsp3) is 0.423. The van der Waals surface area contributed by atoms with Gasteiger partial charge in [-0.3, -0.25) is 4.79 Å². The highest BCUT2D eigenvalue weighted by Gasteiger charge is 2.26. The van der Waals surface area contributed by atoms with Crippen molar-refractivity contribution in [1.29, 1.82) is 0 Å². The number of phenols is 2. The van der Waals surface area contributed by atoms with Gasteiger partial charge in [-0.25, -0.2) is 0 Å². The predicted octanol–water partition coefficient (Wildman–Crippen LogP) is 5.56. The van der Waals surface area contributed by atoms with Crippen LogP contribution < -0.4 is 0 Å². The molecule has 0 saturated heterocycles. The van der Waals surface area contributed by atoms with E-state index in [-0.39, 0.29) is 28.5 Å². The predicted molar refractivity (Wildman–Crippen MR) is 127 cm³/mol. The molecule has 1 amide bonds. The summed E-state index contributed by atoms with van der Waals surface area (Å²) in [6.07, 6.45) is 3.53. The smallest absolute Gasteiger partial charge is 0.257 e. The number of aromatic hydroxyl groups is 2. The highest BCUT2D eigenvalue weighted by Crippen LogP contribution is 2.45. The molecule has 0 bridgehead atoms. The van der Waals surface area contributed by atoms with E-state index in [2.05, 4.69) is 13.5 Å². The average molecular weight is 426 g/mol. The van der Waals surface area contributed by atoms with Crippen molar-refractivity contribution in [2.24, 2.45) is 0 Å². The summed E-state index contributed by atoms with van der Waals surface area (Å²) in [4.78, 5) is 14.9. The molecular formula is C26H35NO4. The van der Waals surface area contributed by atoms with Crippen LogP contribution in [0, 0.1) is 6.92 Å². The molecule has 0 heterocycles. The third kappa shape index (κ3) is 5.67. The number of benzene rings is 2. The average Bonchev–Trinajstić information content (AvgIpc) is 2.71. The number of carbonyl (C=O) groups excluding carboxylic acids is 1. The molecule has 5 nitrogen and oxygen atoms in total. The molecule has 168 valence electrons. The van der Waals surface area contributed by atoms with Crippen LogP contribution in [0.4, 0.5) is 0 Å². The molecule has 0 saturated carbocycles. The molecular weight excluding hydrogens is 390 g/mol. The fourth-order valence-corrected chi connectivity index (χ4v) is 3.73. The summed E-state index contributed by atoms with van der Waals surface area (Å²) >= 11 is 0. The number of hydrogen-bond acceptors (Lipinski definition) is 4. The van der Waals surface area contributed by atoms with Gasteiger partial charge in [0.2, 0.25) is 0 Å². The second-order valence-corrected chi connectivity index (χ2v) is 8.16. The number of amides is 1. The first-order chi connectivity index (χ1) is 14.7. The molecule has 2 N–H and O–H groups in total. The summed E-state index contributed by atoms with van der Waals surface area (Å²) in [7, 11) is 3.27. The van der Waals surface area contributed by atoms with E-state index in [0.717, 1.165) is 36.0 Å². The number of methoxy groups -OCH3 is 1. The van der Waals surface area contributed by atoms with Crippen LogP contribution in [-0.2, 0) is 11.2 Å². The van der Waals surface area contributed by atoms with Crippen LogP contribution in [-0.4, -0.2) is 48.3 Å². The number of allylic oxidation sites excluding steroid dienone is 1. The van der Waals surface area contributed by atoms with Crippen molar-refractivity contribution in [2.75, 3.05) is 27.3 Å². The first kappa shape index (κ1) is 24.5. The van der Waals surface area contributed by atoms with Crippen molar-refractivity contribution in [1.82, 2.24) is 4.90 Å². The number of phenolic OH excluding ortho intramolecular Hbond substituents is 2. The Bertz CT molecular complexity index is 949. The Morgan fingerprint density at radius 3 is 2.52 bits per heavy atom. The van der Waals surface area contributed by atoms with Crippen molar-refractivity contribution in [2.45, 2.75) is 46.5 Å². The van der Waals surface area contributed by atoms with Crippen molar-refractivity contribution < 1.29 is 19.7 Å². The molecule has 0 aromatic heterocycles. The van der Waals surface area contributed by atoms with Crippen LogP contribution in [0.1, 0.15) is 60.2 Å². The molecule has 0 aliphatic heterocycles. The molecule has 0 aliphatic carbocycles. The molecule has 31 heavy (non-hydrogen) atoms. The number of rotatable bonds is 10.